The second kappa shape index (κ2) is 5.62. The lowest BCUT2D eigenvalue weighted by molar-refractivity contribution is 0.0832. The van der Waals surface area contributed by atoms with Crippen molar-refractivity contribution < 1.29 is 14.0 Å². The molecule has 1 atom stereocenters. The van der Waals surface area contributed by atoms with Gasteiger partial charge in [-0.05, 0) is 29.8 Å². The third-order valence-electron chi connectivity index (χ3n) is 4.16. The minimum Gasteiger partial charge on any atom is -0.485 e. The molecule has 0 spiro atoms. The van der Waals surface area contributed by atoms with E-state index >= 15 is 0 Å². The molecular formula is C18H14N4O3. The molecule has 0 fully saturated rings. The molecule has 1 N–H and O–H groups in total. The molecule has 1 aliphatic rings. The molecule has 0 saturated heterocycles. The summed E-state index contributed by atoms with van der Waals surface area (Å²) in [6.07, 6.45) is 3.82. The summed E-state index contributed by atoms with van der Waals surface area (Å²) in [6.45, 7) is 0.354. The van der Waals surface area contributed by atoms with Gasteiger partial charge in [0.2, 0.25) is 11.7 Å². The summed E-state index contributed by atoms with van der Waals surface area (Å²) < 4.78 is 17.0. The van der Waals surface area contributed by atoms with Gasteiger partial charge in [-0.2, -0.15) is 4.98 Å². The number of fused-ring (bicyclic) bond motifs is 2. The first-order chi connectivity index (χ1) is 12.4. The number of nitrogens with one attached hydrogen (secondary N) is 1. The summed E-state index contributed by atoms with van der Waals surface area (Å²) in [5.74, 6) is 2.44. The Morgan fingerprint density at radius 3 is 3.00 bits per heavy atom. The van der Waals surface area contributed by atoms with Crippen LogP contribution in [0.15, 0.2) is 53.3 Å². The number of para-hydroxylation sites is 2. The van der Waals surface area contributed by atoms with Crippen LogP contribution < -0.4 is 9.47 Å². The van der Waals surface area contributed by atoms with Gasteiger partial charge in [-0.3, -0.25) is 0 Å². The number of nitrogens with zero attached hydrogens (tertiary/aromatic N) is 3. The predicted octanol–water partition coefficient (Wildman–Crippen LogP) is 3.05. The van der Waals surface area contributed by atoms with Crippen molar-refractivity contribution in [3.63, 3.8) is 0 Å². The highest BCUT2D eigenvalue weighted by Crippen LogP contribution is 2.35. The van der Waals surface area contributed by atoms with Crippen LogP contribution in [-0.4, -0.2) is 26.7 Å². The quantitative estimate of drug-likeness (QED) is 0.620. The molecule has 7 heteroatoms. The fourth-order valence-electron chi connectivity index (χ4n) is 2.94. The second-order valence-electron chi connectivity index (χ2n) is 5.80. The maximum absolute atomic E-state index is 5.91. The largest absolute Gasteiger partial charge is 0.485 e. The summed E-state index contributed by atoms with van der Waals surface area (Å²) in [4.78, 5) is 11.9. The number of aromatic amines is 1. The van der Waals surface area contributed by atoms with E-state index < -0.39 is 0 Å². The van der Waals surface area contributed by atoms with E-state index in [9.17, 15) is 0 Å². The van der Waals surface area contributed by atoms with E-state index in [1.807, 2.05) is 42.6 Å². The standard InChI is InChI=1S/C18H14N4O3/c1-2-6-14-13(5-1)23-10-15(24-14)18-21-16(25-22-18)8-11-9-20-17-12(11)4-3-7-19-17/h1-7,9,15H,8,10H2,(H,19,20). The van der Waals surface area contributed by atoms with Gasteiger partial charge in [0, 0.05) is 17.8 Å². The Balaban J connectivity index is 1.37. The lowest BCUT2D eigenvalue weighted by atomic mass is 10.1. The fourth-order valence-corrected chi connectivity index (χ4v) is 2.94. The SMILES string of the molecule is c1ccc2c(c1)OCC(c1noc(Cc3c[nH]c4ncccc34)n1)O2. The fraction of sp³-hybridized carbons (Fsp3) is 0.167. The maximum Gasteiger partial charge on any atom is 0.231 e. The Hall–Kier alpha value is -3.35. The topological polar surface area (TPSA) is 86.1 Å². The van der Waals surface area contributed by atoms with Crippen molar-refractivity contribution in [2.24, 2.45) is 0 Å². The Morgan fingerprint density at radius 2 is 2.04 bits per heavy atom. The van der Waals surface area contributed by atoms with Crippen LogP contribution in [0.25, 0.3) is 11.0 Å². The summed E-state index contributed by atoms with van der Waals surface area (Å²) in [5, 5.41) is 5.11. The van der Waals surface area contributed by atoms with E-state index in [-0.39, 0.29) is 6.10 Å². The molecule has 4 aromatic rings. The number of rotatable bonds is 3. The van der Waals surface area contributed by atoms with Gasteiger partial charge in [0.25, 0.3) is 0 Å². The highest BCUT2D eigenvalue weighted by atomic mass is 16.6. The van der Waals surface area contributed by atoms with Crippen molar-refractivity contribution in [3.05, 3.63) is 66.1 Å². The monoisotopic (exact) mass is 334 g/mol. The van der Waals surface area contributed by atoms with Crippen molar-refractivity contribution in [2.45, 2.75) is 12.5 Å². The Morgan fingerprint density at radius 1 is 1.12 bits per heavy atom. The molecule has 1 aliphatic heterocycles. The molecule has 0 bridgehead atoms. The van der Waals surface area contributed by atoms with Gasteiger partial charge in [0.1, 0.15) is 12.3 Å². The zero-order valence-electron chi connectivity index (χ0n) is 13.2. The van der Waals surface area contributed by atoms with Gasteiger partial charge < -0.3 is 19.0 Å². The molecule has 0 radical (unpaired) electrons. The van der Waals surface area contributed by atoms with Crippen LogP contribution in [0, 0.1) is 0 Å². The summed E-state index contributed by atoms with van der Waals surface area (Å²) in [6, 6.07) is 11.5. The lowest BCUT2D eigenvalue weighted by Crippen LogP contribution is -2.22. The third-order valence-corrected chi connectivity index (χ3v) is 4.16. The van der Waals surface area contributed by atoms with E-state index in [1.54, 1.807) is 6.20 Å². The number of H-pyrrole nitrogens is 1. The molecular weight excluding hydrogens is 320 g/mol. The van der Waals surface area contributed by atoms with Crippen molar-refractivity contribution in [1.29, 1.82) is 0 Å². The molecule has 0 saturated carbocycles. The van der Waals surface area contributed by atoms with Crippen molar-refractivity contribution in [1.82, 2.24) is 20.1 Å². The molecule has 5 rings (SSSR count). The molecule has 0 aliphatic carbocycles. The average molecular weight is 334 g/mol. The summed E-state index contributed by atoms with van der Waals surface area (Å²) in [5.41, 5.74) is 1.90. The predicted molar refractivity (Wildman–Crippen MR) is 88.5 cm³/mol. The van der Waals surface area contributed by atoms with Gasteiger partial charge in [-0.1, -0.05) is 17.3 Å². The molecule has 124 valence electrons. The van der Waals surface area contributed by atoms with Gasteiger partial charge in [-0.15, -0.1) is 0 Å². The highest BCUT2D eigenvalue weighted by Gasteiger charge is 2.27. The Labute approximate surface area is 142 Å². The number of pyridine rings is 1. The van der Waals surface area contributed by atoms with Crippen LogP contribution in [0.3, 0.4) is 0 Å². The summed E-state index contributed by atoms with van der Waals surface area (Å²) >= 11 is 0. The summed E-state index contributed by atoms with van der Waals surface area (Å²) in [7, 11) is 0. The van der Waals surface area contributed by atoms with Crippen LogP contribution in [0.2, 0.25) is 0 Å². The number of hydrogen-bond donors (Lipinski definition) is 1. The third kappa shape index (κ3) is 2.50. The van der Waals surface area contributed by atoms with Crippen LogP contribution in [-0.2, 0) is 6.42 Å². The van der Waals surface area contributed by atoms with E-state index in [4.69, 9.17) is 14.0 Å². The highest BCUT2D eigenvalue weighted by molar-refractivity contribution is 5.79. The van der Waals surface area contributed by atoms with Crippen LogP contribution in [0.5, 0.6) is 11.5 Å². The zero-order valence-corrected chi connectivity index (χ0v) is 13.2. The van der Waals surface area contributed by atoms with Crippen LogP contribution in [0.4, 0.5) is 0 Å². The Kier molecular flexibility index (Phi) is 3.16. The molecule has 0 amide bonds. The van der Waals surface area contributed by atoms with Crippen molar-refractivity contribution in [3.8, 4) is 11.5 Å². The van der Waals surface area contributed by atoms with Gasteiger partial charge in [0.15, 0.2) is 17.6 Å². The van der Waals surface area contributed by atoms with E-state index in [0.29, 0.717) is 30.5 Å². The minimum absolute atomic E-state index is 0.354. The Bertz CT molecular complexity index is 1040. The van der Waals surface area contributed by atoms with Crippen molar-refractivity contribution >= 4 is 11.0 Å². The zero-order chi connectivity index (χ0) is 16.6. The van der Waals surface area contributed by atoms with Crippen molar-refractivity contribution in [2.75, 3.05) is 6.61 Å². The van der Waals surface area contributed by atoms with E-state index in [1.165, 1.54) is 0 Å². The van der Waals surface area contributed by atoms with Crippen LogP contribution >= 0.6 is 0 Å². The number of aromatic nitrogens is 4. The molecule has 1 aromatic carbocycles. The number of hydrogen-bond acceptors (Lipinski definition) is 6. The average Bonchev–Trinajstić information content (AvgIpc) is 3.29. The maximum atomic E-state index is 5.91. The van der Waals surface area contributed by atoms with Gasteiger partial charge in [0.05, 0.1) is 6.42 Å². The van der Waals surface area contributed by atoms with Gasteiger partial charge >= 0.3 is 0 Å². The molecule has 25 heavy (non-hydrogen) atoms. The normalized spacial score (nSPS) is 16.2. The molecule has 7 nitrogen and oxygen atoms in total. The first-order valence-electron chi connectivity index (χ1n) is 7.99. The minimum atomic E-state index is -0.378. The molecule has 3 aromatic heterocycles. The lowest BCUT2D eigenvalue weighted by Gasteiger charge is -2.24. The van der Waals surface area contributed by atoms with E-state index in [0.717, 1.165) is 22.3 Å². The second-order valence-corrected chi connectivity index (χ2v) is 5.80. The number of ether oxygens (including phenoxy) is 2. The molecule has 1 unspecified atom stereocenters. The number of benzene rings is 1. The smallest absolute Gasteiger partial charge is 0.231 e. The first-order valence-corrected chi connectivity index (χ1v) is 7.99. The molecule has 4 heterocycles. The van der Waals surface area contributed by atoms with Gasteiger partial charge in [-0.25, -0.2) is 4.98 Å². The van der Waals surface area contributed by atoms with E-state index in [2.05, 4.69) is 20.1 Å². The first kappa shape index (κ1) is 14.0. The van der Waals surface area contributed by atoms with Crippen LogP contribution in [0.1, 0.15) is 23.4 Å².